The van der Waals surface area contributed by atoms with Crippen LogP contribution in [0.2, 0.25) is 0 Å². The Morgan fingerprint density at radius 1 is 1.43 bits per heavy atom. The molecule has 0 aliphatic rings. The number of carbonyl (C=O) groups is 1. The molecule has 4 heteroatoms. The van der Waals surface area contributed by atoms with Gasteiger partial charge in [-0.25, -0.2) is 0 Å². The van der Waals surface area contributed by atoms with E-state index < -0.39 is 0 Å². The maximum atomic E-state index is 11.4. The molecule has 0 radical (unpaired) electrons. The highest BCUT2D eigenvalue weighted by molar-refractivity contribution is 5.91. The van der Waals surface area contributed by atoms with Crippen molar-refractivity contribution in [2.24, 2.45) is 0 Å². The van der Waals surface area contributed by atoms with Crippen LogP contribution < -0.4 is 10.2 Å². The van der Waals surface area contributed by atoms with Gasteiger partial charge < -0.3 is 10.2 Å². The first-order valence-corrected chi connectivity index (χ1v) is 6.87. The van der Waals surface area contributed by atoms with Crippen LogP contribution in [0.15, 0.2) is 49.0 Å². The summed E-state index contributed by atoms with van der Waals surface area (Å²) in [6.45, 7) is 10.2. The molecular formula is C17H23N3O. The van der Waals surface area contributed by atoms with Gasteiger partial charge in [0.2, 0.25) is 5.91 Å². The van der Waals surface area contributed by atoms with E-state index in [1.165, 1.54) is 6.92 Å². The van der Waals surface area contributed by atoms with Crippen molar-refractivity contribution in [3.05, 3.63) is 54.5 Å². The number of aromatic nitrogens is 1. The van der Waals surface area contributed by atoms with Gasteiger partial charge in [-0.05, 0) is 37.1 Å². The number of anilines is 1. The van der Waals surface area contributed by atoms with Gasteiger partial charge in [-0.1, -0.05) is 18.7 Å². The normalized spacial score (nSPS) is 11.5. The number of carbonyl (C=O) groups excluding carboxylic acids is 1. The summed E-state index contributed by atoms with van der Waals surface area (Å²) in [7, 11) is 1.74. The number of rotatable bonds is 6. The number of hydrogen-bond donors (Lipinski definition) is 1. The van der Waals surface area contributed by atoms with E-state index in [4.69, 9.17) is 0 Å². The summed E-state index contributed by atoms with van der Waals surface area (Å²) in [6, 6.07) is 1.94. The molecular weight excluding hydrogens is 262 g/mol. The Labute approximate surface area is 126 Å². The van der Waals surface area contributed by atoms with Crippen LogP contribution in [0.4, 0.5) is 5.69 Å². The van der Waals surface area contributed by atoms with Gasteiger partial charge in [0.25, 0.3) is 0 Å². The minimum absolute atomic E-state index is 0.0204. The number of pyridine rings is 1. The average Bonchev–Trinajstić information content (AvgIpc) is 2.46. The SMILES string of the molecule is C=C(/C=C(\C)c1cncc(N(C)C(C)=O)c1)NC/C=C\C. The van der Waals surface area contributed by atoms with Crippen LogP contribution >= 0.6 is 0 Å². The lowest BCUT2D eigenvalue weighted by atomic mass is 10.1. The van der Waals surface area contributed by atoms with Crippen LogP contribution in [0.3, 0.4) is 0 Å². The number of allylic oxidation sites excluding steroid dienone is 3. The molecule has 1 aromatic heterocycles. The van der Waals surface area contributed by atoms with Crippen molar-refractivity contribution in [3.8, 4) is 0 Å². The summed E-state index contributed by atoms with van der Waals surface area (Å²) in [6.07, 6.45) is 9.44. The molecule has 1 aromatic rings. The standard InChI is InChI=1S/C17H23N3O/c1-6-7-8-19-14(3)9-13(2)16-10-17(12-18-11-16)20(5)15(4)21/h6-7,9-12,19H,3,8H2,1-2,4-5H3/b7-6-,13-9+. The van der Waals surface area contributed by atoms with Crippen molar-refractivity contribution in [2.75, 3.05) is 18.5 Å². The largest absolute Gasteiger partial charge is 0.382 e. The Kier molecular flexibility index (Phi) is 6.40. The maximum Gasteiger partial charge on any atom is 0.223 e. The smallest absolute Gasteiger partial charge is 0.223 e. The lowest BCUT2D eigenvalue weighted by Gasteiger charge is -2.15. The van der Waals surface area contributed by atoms with E-state index in [1.807, 2.05) is 38.1 Å². The quantitative estimate of drug-likeness (QED) is 0.645. The Hall–Kier alpha value is -2.36. The number of amides is 1. The zero-order valence-corrected chi connectivity index (χ0v) is 13.2. The van der Waals surface area contributed by atoms with Crippen LogP contribution in [-0.2, 0) is 4.79 Å². The molecule has 0 fully saturated rings. The zero-order valence-electron chi connectivity index (χ0n) is 13.2. The van der Waals surface area contributed by atoms with E-state index in [0.29, 0.717) is 0 Å². The van der Waals surface area contributed by atoms with Gasteiger partial charge in [-0.2, -0.15) is 0 Å². The fourth-order valence-corrected chi connectivity index (χ4v) is 1.71. The minimum atomic E-state index is -0.0204. The van der Waals surface area contributed by atoms with Crippen molar-refractivity contribution in [1.29, 1.82) is 0 Å². The van der Waals surface area contributed by atoms with Gasteiger partial charge in [0.1, 0.15) is 0 Å². The van der Waals surface area contributed by atoms with E-state index in [1.54, 1.807) is 24.3 Å². The summed E-state index contributed by atoms with van der Waals surface area (Å²) in [5, 5.41) is 3.20. The van der Waals surface area contributed by atoms with Gasteiger partial charge in [-0.3, -0.25) is 9.78 Å². The molecule has 0 aliphatic carbocycles. The number of nitrogens with zero attached hydrogens (tertiary/aromatic N) is 2. The van der Waals surface area contributed by atoms with Crippen molar-refractivity contribution < 1.29 is 4.79 Å². The molecule has 0 atom stereocenters. The minimum Gasteiger partial charge on any atom is -0.382 e. The average molecular weight is 285 g/mol. The Bertz CT molecular complexity index is 573. The fraction of sp³-hybridized carbons (Fsp3) is 0.294. The molecule has 112 valence electrons. The molecule has 0 spiro atoms. The monoisotopic (exact) mass is 285 g/mol. The van der Waals surface area contributed by atoms with Gasteiger partial charge >= 0.3 is 0 Å². The first-order chi connectivity index (χ1) is 9.95. The topological polar surface area (TPSA) is 45.2 Å². The van der Waals surface area contributed by atoms with Crippen molar-refractivity contribution in [1.82, 2.24) is 10.3 Å². The predicted molar refractivity (Wildman–Crippen MR) is 88.9 cm³/mol. The van der Waals surface area contributed by atoms with E-state index >= 15 is 0 Å². The molecule has 0 saturated carbocycles. The number of hydrogen-bond acceptors (Lipinski definition) is 3. The maximum absolute atomic E-state index is 11.4. The predicted octanol–water partition coefficient (Wildman–Crippen LogP) is 3.15. The highest BCUT2D eigenvalue weighted by Crippen LogP contribution is 2.20. The van der Waals surface area contributed by atoms with Gasteiger partial charge in [0, 0.05) is 32.4 Å². The van der Waals surface area contributed by atoms with Gasteiger partial charge in [0.15, 0.2) is 0 Å². The highest BCUT2D eigenvalue weighted by Gasteiger charge is 2.07. The fourth-order valence-electron chi connectivity index (χ4n) is 1.71. The van der Waals surface area contributed by atoms with E-state index in [2.05, 4.69) is 16.9 Å². The zero-order chi connectivity index (χ0) is 15.8. The van der Waals surface area contributed by atoms with Crippen molar-refractivity contribution in [3.63, 3.8) is 0 Å². The third kappa shape index (κ3) is 5.26. The molecule has 0 unspecified atom stereocenters. The molecule has 0 saturated heterocycles. The third-order valence-electron chi connectivity index (χ3n) is 3.11. The molecule has 1 heterocycles. The van der Waals surface area contributed by atoms with Crippen LogP contribution in [0.1, 0.15) is 26.3 Å². The second-order valence-electron chi connectivity index (χ2n) is 4.81. The van der Waals surface area contributed by atoms with Crippen LogP contribution in [-0.4, -0.2) is 24.5 Å². The summed E-state index contributed by atoms with van der Waals surface area (Å²) in [5.74, 6) is -0.0204. The van der Waals surface area contributed by atoms with Gasteiger partial charge in [0.05, 0.1) is 11.9 Å². The highest BCUT2D eigenvalue weighted by atomic mass is 16.2. The van der Waals surface area contributed by atoms with E-state index in [-0.39, 0.29) is 5.91 Å². The molecule has 1 N–H and O–H groups in total. The summed E-state index contributed by atoms with van der Waals surface area (Å²) >= 11 is 0. The molecule has 4 nitrogen and oxygen atoms in total. The summed E-state index contributed by atoms with van der Waals surface area (Å²) in [5.41, 5.74) is 3.63. The molecule has 0 bridgehead atoms. The van der Waals surface area contributed by atoms with E-state index in [0.717, 1.165) is 29.1 Å². The van der Waals surface area contributed by atoms with Crippen LogP contribution in [0.25, 0.3) is 5.57 Å². The summed E-state index contributed by atoms with van der Waals surface area (Å²) < 4.78 is 0. The Balaban J connectivity index is 2.87. The molecule has 1 amide bonds. The van der Waals surface area contributed by atoms with Crippen molar-refractivity contribution in [2.45, 2.75) is 20.8 Å². The lowest BCUT2D eigenvalue weighted by Crippen LogP contribution is -2.22. The van der Waals surface area contributed by atoms with E-state index in [9.17, 15) is 4.79 Å². The number of nitrogens with one attached hydrogen (secondary N) is 1. The Morgan fingerprint density at radius 3 is 2.76 bits per heavy atom. The first-order valence-electron chi connectivity index (χ1n) is 6.87. The van der Waals surface area contributed by atoms with Crippen LogP contribution in [0, 0.1) is 0 Å². The van der Waals surface area contributed by atoms with Gasteiger partial charge in [-0.15, -0.1) is 0 Å². The van der Waals surface area contributed by atoms with Crippen molar-refractivity contribution >= 4 is 17.2 Å². The second-order valence-corrected chi connectivity index (χ2v) is 4.81. The first kappa shape index (κ1) is 16.7. The van der Waals surface area contributed by atoms with Crippen LogP contribution in [0.5, 0.6) is 0 Å². The summed E-state index contributed by atoms with van der Waals surface area (Å²) in [4.78, 5) is 17.2. The lowest BCUT2D eigenvalue weighted by molar-refractivity contribution is -0.116. The molecule has 21 heavy (non-hydrogen) atoms. The molecule has 0 aliphatic heterocycles. The molecule has 1 rings (SSSR count). The Morgan fingerprint density at radius 2 is 2.14 bits per heavy atom. The third-order valence-corrected chi connectivity index (χ3v) is 3.11. The second kappa shape index (κ2) is 8.04. The molecule has 0 aromatic carbocycles.